The van der Waals surface area contributed by atoms with E-state index in [1.807, 2.05) is 11.8 Å². The number of hydrogen-bond acceptors (Lipinski definition) is 3. The Bertz CT molecular complexity index is 229. The van der Waals surface area contributed by atoms with Crippen LogP contribution in [0.4, 0.5) is 0 Å². The van der Waals surface area contributed by atoms with E-state index in [-0.39, 0.29) is 30.3 Å². The van der Waals surface area contributed by atoms with Crippen LogP contribution in [0.25, 0.3) is 0 Å². The summed E-state index contributed by atoms with van der Waals surface area (Å²) in [5, 5.41) is 3.09. The summed E-state index contributed by atoms with van der Waals surface area (Å²) in [6, 6.07) is 0.532. The standard InChI is InChI=1S/C12H24N2OS.ClH/c1-3-16-7-6-9(2)14-12(15)10-4-5-11(13)8-10;/h9-11H,3-8,13H2,1-2H3,(H,14,15);1H. The highest BCUT2D eigenvalue weighted by Crippen LogP contribution is 2.24. The van der Waals surface area contributed by atoms with E-state index in [0.717, 1.165) is 37.2 Å². The Hall–Kier alpha value is 0.0700. The third-order valence-corrected chi connectivity index (χ3v) is 4.06. The molecule has 3 N–H and O–H groups in total. The molecule has 1 aliphatic rings. The number of carbonyl (C=O) groups is 1. The van der Waals surface area contributed by atoms with Crippen molar-refractivity contribution in [1.82, 2.24) is 5.32 Å². The quantitative estimate of drug-likeness (QED) is 0.734. The second kappa shape index (κ2) is 9.06. The third kappa shape index (κ3) is 6.53. The number of nitrogens with two attached hydrogens (primary N) is 1. The van der Waals surface area contributed by atoms with Crippen LogP contribution in [0.1, 0.15) is 39.5 Å². The van der Waals surface area contributed by atoms with Gasteiger partial charge < -0.3 is 11.1 Å². The van der Waals surface area contributed by atoms with Gasteiger partial charge in [0.25, 0.3) is 0 Å². The summed E-state index contributed by atoms with van der Waals surface area (Å²) in [4.78, 5) is 11.9. The first-order valence-corrected chi connectivity index (χ1v) is 7.42. The number of thioether (sulfide) groups is 1. The third-order valence-electron chi connectivity index (χ3n) is 3.13. The molecule has 1 rings (SSSR count). The predicted octanol–water partition coefficient (Wildman–Crippen LogP) is 2.18. The minimum atomic E-state index is 0. The van der Waals surface area contributed by atoms with Crippen LogP contribution in [0.15, 0.2) is 0 Å². The van der Waals surface area contributed by atoms with E-state index in [4.69, 9.17) is 5.73 Å². The van der Waals surface area contributed by atoms with Crippen molar-refractivity contribution >= 4 is 30.1 Å². The topological polar surface area (TPSA) is 55.1 Å². The first kappa shape index (κ1) is 17.1. The van der Waals surface area contributed by atoms with Gasteiger partial charge in [0.15, 0.2) is 0 Å². The van der Waals surface area contributed by atoms with Gasteiger partial charge in [-0.3, -0.25) is 4.79 Å². The highest BCUT2D eigenvalue weighted by atomic mass is 35.5. The fraction of sp³-hybridized carbons (Fsp3) is 0.917. The molecule has 0 bridgehead atoms. The molecule has 102 valence electrons. The minimum Gasteiger partial charge on any atom is -0.353 e. The molecule has 3 atom stereocenters. The van der Waals surface area contributed by atoms with Crippen molar-refractivity contribution in [3.05, 3.63) is 0 Å². The fourth-order valence-electron chi connectivity index (χ4n) is 2.09. The lowest BCUT2D eigenvalue weighted by molar-refractivity contribution is -0.125. The van der Waals surface area contributed by atoms with Crippen LogP contribution in [-0.2, 0) is 4.79 Å². The summed E-state index contributed by atoms with van der Waals surface area (Å²) in [6.45, 7) is 4.25. The molecule has 0 aliphatic heterocycles. The SMILES string of the molecule is CCSCCC(C)NC(=O)C1CCC(N)C1.Cl. The van der Waals surface area contributed by atoms with Crippen molar-refractivity contribution in [2.75, 3.05) is 11.5 Å². The molecule has 1 saturated carbocycles. The number of carbonyl (C=O) groups excluding carboxylic acids is 1. The predicted molar refractivity (Wildman–Crippen MR) is 77.8 cm³/mol. The van der Waals surface area contributed by atoms with E-state index >= 15 is 0 Å². The number of amides is 1. The lowest BCUT2D eigenvalue weighted by Gasteiger charge is -2.16. The van der Waals surface area contributed by atoms with Gasteiger partial charge in [-0.1, -0.05) is 6.92 Å². The van der Waals surface area contributed by atoms with Gasteiger partial charge in [-0.25, -0.2) is 0 Å². The van der Waals surface area contributed by atoms with Gasteiger partial charge >= 0.3 is 0 Å². The molecular formula is C12H25ClN2OS. The van der Waals surface area contributed by atoms with E-state index in [2.05, 4.69) is 19.2 Å². The van der Waals surface area contributed by atoms with Crippen molar-refractivity contribution in [3.63, 3.8) is 0 Å². The highest BCUT2D eigenvalue weighted by Gasteiger charge is 2.28. The molecular weight excluding hydrogens is 256 g/mol. The second-order valence-electron chi connectivity index (χ2n) is 4.67. The molecule has 3 nitrogen and oxygen atoms in total. The lowest BCUT2D eigenvalue weighted by atomic mass is 10.1. The van der Waals surface area contributed by atoms with Gasteiger partial charge in [0.05, 0.1) is 0 Å². The van der Waals surface area contributed by atoms with Crippen LogP contribution < -0.4 is 11.1 Å². The first-order valence-electron chi connectivity index (χ1n) is 6.27. The van der Waals surface area contributed by atoms with Gasteiger partial charge in [-0.15, -0.1) is 12.4 Å². The summed E-state index contributed by atoms with van der Waals surface area (Å²) in [5.74, 6) is 2.65. The summed E-state index contributed by atoms with van der Waals surface area (Å²) in [6.07, 6.45) is 3.88. The zero-order valence-corrected chi connectivity index (χ0v) is 12.4. The Kier molecular flexibility index (Phi) is 9.10. The van der Waals surface area contributed by atoms with Gasteiger partial charge in [0.1, 0.15) is 0 Å². The van der Waals surface area contributed by atoms with Gasteiger partial charge in [0.2, 0.25) is 5.91 Å². The molecule has 0 aromatic carbocycles. The molecule has 17 heavy (non-hydrogen) atoms. The molecule has 0 spiro atoms. The van der Waals surface area contributed by atoms with Crippen LogP contribution in [0.5, 0.6) is 0 Å². The highest BCUT2D eigenvalue weighted by molar-refractivity contribution is 7.99. The molecule has 1 amide bonds. The molecule has 0 heterocycles. The maximum atomic E-state index is 11.9. The molecule has 1 aliphatic carbocycles. The number of nitrogens with one attached hydrogen (secondary N) is 1. The average molecular weight is 281 g/mol. The largest absolute Gasteiger partial charge is 0.353 e. The van der Waals surface area contributed by atoms with E-state index in [9.17, 15) is 4.79 Å². The Morgan fingerprint density at radius 2 is 2.24 bits per heavy atom. The zero-order chi connectivity index (χ0) is 12.0. The summed E-state index contributed by atoms with van der Waals surface area (Å²) < 4.78 is 0. The van der Waals surface area contributed by atoms with Gasteiger partial charge in [-0.2, -0.15) is 11.8 Å². The molecule has 3 unspecified atom stereocenters. The summed E-state index contributed by atoms with van der Waals surface area (Å²) in [7, 11) is 0. The maximum Gasteiger partial charge on any atom is 0.223 e. The number of rotatable bonds is 6. The van der Waals surface area contributed by atoms with E-state index in [1.165, 1.54) is 0 Å². The smallest absolute Gasteiger partial charge is 0.223 e. The van der Waals surface area contributed by atoms with E-state index < -0.39 is 0 Å². The monoisotopic (exact) mass is 280 g/mol. The Morgan fingerprint density at radius 1 is 1.53 bits per heavy atom. The van der Waals surface area contributed by atoms with Gasteiger partial charge in [-0.05, 0) is 44.1 Å². The van der Waals surface area contributed by atoms with Crippen molar-refractivity contribution in [2.45, 2.75) is 51.6 Å². The van der Waals surface area contributed by atoms with Crippen LogP contribution in [0, 0.1) is 5.92 Å². The molecule has 1 fully saturated rings. The lowest BCUT2D eigenvalue weighted by Crippen LogP contribution is -2.37. The van der Waals surface area contributed by atoms with E-state index in [1.54, 1.807) is 0 Å². The average Bonchev–Trinajstić information content (AvgIpc) is 2.65. The maximum absolute atomic E-state index is 11.9. The normalized spacial score (nSPS) is 25.1. The van der Waals surface area contributed by atoms with E-state index in [0.29, 0.717) is 6.04 Å². The van der Waals surface area contributed by atoms with Crippen LogP contribution in [-0.4, -0.2) is 29.5 Å². The zero-order valence-electron chi connectivity index (χ0n) is 10.8. The van der Waals surface area contributed by atoms with Crippen molar-refractivity contribution in [2.24, 2.45) is 11.7 Å². The summed E-state index contributed by atoms with van der Waals surface area (Å²) >= 11 is 1.92. The van der Waals surface area contributed by atoms with Crippen LogP contribution in [0.2, 0.25) is 0 Å². The fourth-order valence-corrected chi connectivity index (χ4v) is 2.90. The molecule has 0 radical (unpaired) electrons. The number of hydrogen-bond donors (Lipinski definition) is 2. The van der Waals surface area contributed by atoms with Crippen LogP contribution in [0.3, 0.4) is 0 Å². The Balaban J connectivity index is 0.00000256. The second-order valence-corrected chi connectivity index (χ2v) is 6.06. The summed E-state index contributed by atoms with van der Waals surface area (Å²) in [5.41, 5.74) is 5.81. The van der Waals surface area contributed by atoms with Crippen molar-refractivity contribution < 1.29 is 4.79 Å². The van der Waals surface area contributed by atoms with Gasteiger partial charge in [0, 0.05) is 18.0 Å². The molecule has 0 aromatic heterocycles. The van der Waals surface area contributed by atoms with Crippen molar-refractivity contribution in [1.29, 1.82) is 0 Å². The molecule has 5 heteroatoms. The van der Waals surface area contributed by atoms with Crippen LogP contribution >= 0.6 is 24.2 Å². The Morgan fingerprint density at radius 3 is 2.76 bits per heavy atom. The number of halogens is 1. The Labute approximate surface area is 115 Å². The van der Waals surface area contributed by atoms with Crippen molar-refractivity contribution in [3.8, 4) is 0 Å². The minimum absolute atomic E-state index is 0. The molecule has 0 saturated heterocycles. The molecule has 0 aromatic rings. The first-order chi connectivity index (χ1) is 7.63.